The first-order chi connectivity index (χ1) is 16.1. The van der Waals surface area contributed by atoms with Gasteiger partial charge >= 0.3 is 5.97 Å². The van der Waals surface area contributed by atoms with E-state index in [1.54, 1.807) is 0 Å². The zero-order valence-electron chi connectivity index (χ0n) is 24.4. The molecule has 0 aliphatic carbocycles. The minimum atomic E-state index is -0.0485. The fraction of sp³-hybridized carbons (Fsp3) is 0.844. The van der Waals surface area contributed by atoms with Gasteiger partial charge in [0.1, 0.15) is 6.61 Å². The highest BCUT2D eigenvalue weighted by Gasteiger charge is 2.08. The van der Waals surface area contributed by atoms with Crippen molar-refractivity contribution in [2.75, 3.05) is 6.61 Å². The van der Waals surface area contributed by atoms with Crippen molar-refractivity contribution in [3.05, 3.63) is 23.3 Å². The van der Waals surface area contributed by atoms with Gasteiger partial charge in [0.25, 0.3) is 0 Å². The van der Waals surface area contributed by atoms with Crippen molar-refractivity contribution in [3.63, 3.8) is 0 Å². The Morgan fingerprint density at radius 3 is 1.71 bits per heavy atom. The molecule has 0 fully saturated rings. The molecule has 0 aromatic carbocycles. The van der Waals surface area contributed by atoms with E-state index in [2.05, 4.69) is 67.5 Å². The average Bonchev–Trinajstić information content (AvgIpc) is 2.73. The molecule has 0 saturated carbocycles. The summed E-state index contributed by atoms with van der Waals surface area (Å²) < 4.78 is 5.43. The second-order valence-electron chi connectivity index (χ2n) is 11.9. The summed E-state index contributed by atoms with van der Waals surface area (Å²) in [4.78, 5) is 12.0. The Kier molecular flexibility index (Phi) is 20.6. The number of carbonyl (C=O) groups excluding carboxylic acids is 1. The molecule has 2 nitrogen and oxygen atoms in total. The number of esters is 1. The van der Waals surface area contributed by atoms with E-state index in [1.807, 2.05) is 0 Å². The maximum absolute atomic E-state index is 12.0. The first kappa shape index (κ1) is 33.0. The quantitative estimate of drug-likeness (QED) is 0.122. The van der Waals surface area contributed by atoms with E-state index in [1.165, 1.54) is 68.9 Å². The lowest BCUT2D eigenvalue weighted by Gasteiger charge is -2.15. The molecule has 34 heavy (non-hydrogen) atoms. The number of carbonyl (C=O) groups is 1. The number of hydrogen-bond donors (Lipinski definition) is 0. The summed E-state index contributed by atoms with van der Waals surface area (Å²) in [5, 5.41) is 0. The van der Waals surface area contributed by atoms with Crippen molar-refractivity contribution in [2.24, 2.45) is 23.7 Å². The van der Waals surface area contributed by atoms with Crippen LogP contribution in [0.4, 0.5) is 0 Å². The Morgan fingerprint density at radius 1 is 0.647 bits per heavy atom. The zero-order chi connectivity index (χ0) is 25.8. The minimum Gasteiger partial charge on any atom is -0.461 e. The molecule has 0 N–H and O–H groups in total. The number of allylic oxidation sites excluding steroid dienone is 3. The van der Waals surface area contributed by atoms with Gasteiger partial charge in [-0.15, -0.1) is 0 Å². The van der Waals surface area contributed by atoms with Crippen LogP contribution in [-0.2, 0) is 9.53 Å². The summed E-state index contributed by atoms with van der Waals surface area (Å²) >= 11 is 0. The number of rotatable bonds is 21. The van der Waals surface area contributed by atoms with E-state index in [0.717, 1.165) is 43.4 Å². The van der Waals surface area contributed by atoms with Crippen LogP contribution in [0.1, 0.15) is 145 Å². The van der Waals surface area contributed by atoms with Gasteiger partial charge in [-0.1, -0.05) is 103 Å². The molecule has 200 valence electrons. The first-order valence-electron chi connectivity index (χ1n) is 14.5. The normalized spacial score (nSPS) is 14.7. The molecule has 0 bridgehead atoms. The average molecular weight is 477 g/mol. The van der Waals surface area contributed by atoms with Crippen molar-refractivity contribution < 1.29 is 9.53 Å². The molecule has 0 aromatic heterocycles. The summed E-state index contributed by atoms with van der Waals surface area (Å²) in [5.74, 6) is 3.17. The van der Waals surface area contributed by atoms with Crippen LogP contribution < -0.4 is 0 Å². The molecular formula is C32H60O2. The van der Waals surface area contributed by atoms with E-state index in [-0.39, 0.29) is 5.97 Å². The molecule has 1 unspecified atom stereocenters. The Labute approximate surface area is 214 Å². The van der Waals surface area contributed by atoms with Crippen LogP contribution in [0.3, 0.4) is 0 Å². The standard InChI is InChI=1S/C32H60O2/c1-26(2)14-9-16-28(5)18-11-19-30(7)20-12-21-31(8)24-25-34-32(33)23-13-22-29(6)17-10-15-27(3)4/h15,24,26,28-30H,9-14,16-23,25H2,1-8H3/b31-24+/t28-,29?,30-/m1/s1. The van der Waals surface area contributed by atoms with Crippen LogP contribution in [-0.4, -0.2) is 12.6 Å². The maximum atomic E-state index is 12.0. The monoisotopic (exact) mass is 476 g/mol. The van der Waals surface area contributed by atoms with Gasteiger partial charge in [0.2, 0.25) is 0 Å². The second-order valence-corrected chi connectivity index (χ2v) is 11.9. The summed E-state index contributed by atoms with van der Waals surface area (Å²) in [6.07, 6.45) is 21.3. The van der Waals surface area contributed by atoms with Gasteiger partial charge in [0.05, 0.1) is 0 Å². The van der Waals surface area contributed by atoms with Gasteiger partial charge in [-0.3, -0.25) is 4.79 Å². The highest BCUT2D eigenvalue weighted by Crippen LogP contribution is 2.22. The van der Waals surface area contributed by atoms with Gasteiger partial charge < -0.3 is 4.74 Å². The smallest absolute Gasteiger partial charge is 0.306 e. The second kappa shape index (κ2) is 21.3. The number of hydrogen-bond acceptors (Lipinski definition) is 2. The van der Waals surface area contributed by atoms with Gasteiger partial charge in [-0.2, -0.15) is 0 Å². The van der Waals surface area contributed by atoms with Crippen LogP contribution in [0.15, 0.2) is 23.3 Å². The van der Waals surface area contributed by atoms with E-state index < -0.39 is 0 Å². The highest BCUT2D eigenvalue weighted by atomic mass is 16.5. The predicted molar refractivity (Wildman–Crippen MR) is 151 cm³/mol. The van der Waals surface area contributed by atoms with Crippen molar-refractivity contribution in [3.8, 4) is 0 Å². The van der Waals surface area contributed by atoms with Crippen molar-refractivity contribution in [2.45, 2.75) is 145 Å². The SMILES string of the molecule is CC(C)=CCCC(C)CCCC(=O)OC/C=C(\C)CCC[C@H](C)CCC[C@H](C)CCCC(C)C. The summed E-state index contributed by atoms with van der Waals surface area (Å²) in [6, 6.07) is 0. The first-order valence-corrected chi connectivity index (χ1v) is 14.5. The lowest BCUT2D eigenvalue weighted by Crippen LogP contribution is -2.06. The summed E-state index contributed by atoms with van der Waals surface area (Å²) in [7, 11) is 0. The zero-order valence-corrected chi connectivity index (χ0v) is 24.4. The summed E-state index contributed by atoms with van der Waals surface area (Å²) in [6.45, 7) is 18.7. The molecule has 0 spiro atoms. The van der Waals surface area contributed by atoms with E-state index in [9.17, 15) is 4.79 Å². The molecule has 0 rings (SSSR count). The van der Waals surface area contributed by atoms with Crippen LogP contribution in [0.2, 0.25) is 0 Å². The molecule has 2 heteroatoms. The molecule has 0 aliphatic heterocycles. The molecule has 0 saturated heterocycles. The predicted octanol–water partition coefficient (Wildman–Crippen LogP) is 10.5. The third-order valence-corrected chi connectivity index (χ3v) is 7.11. The highest BCUT2D eigenvalue weighted by molar-refractivity contribution is 5.69. The molecule has 0 aromatic rings. The Hall–Kier alpha value is -1.05. The van der Waals surface area contributed by atoms with Crippen LogP contribution in [0, 0.1) is 23.7 Å². The lowest BCUT2D eigenvalue weighted by molar-refractivity contribution is -0.142. The lowest BCUT2D eigenvalue weighted by atomic mass is 9.91. The van der Waals surface area contributed by atoms with Crippen LogP contribution in [0.5, 0.6) is 0 Å². The third-order valence-electron chi connectivity index (χ3n) is 7.11. The Balaban J connectivity index is 3.76. The van der Waals surface area contributed by atoms with Crippen molar-refractivity contribution in [1.29, 1.82) is 0 Å². The molecule has 0 aliphatic rings. The van der Waals surface area contributed by atoms with Crippen molar-refractivity contribution >= 4 is 5.97 Å². The fourth-order valence-electron chi connectivity index (χ4n) is 4.55. The van der Waals surface area contributed by atoms with Gasteiger partial charge in [-0.25, -0.2) is 0 Å². The minimum absolute atomic E-state index is 0.0485. The molecule has 0 heterocycles. The molecule has 3 atom stereocenters. The summed E-state index contributed by atoms with van der Waals surface area (Å²) in [5.41, 5.74) is 2.74. The van der Waals surface area contributed by atoms with Gasteiger partial charge in [0.15, 0.2) is 0 Å². The van der Waals surface area contributed by atoms with E-state index in [0.29, 0.717) is 18.9 Å². The maximum Gasteiger partial charge on any atom is 0.306 e. The molecule has 0 radical (unpaired) electrons. The van der Waals surface area contributed by atoms with Crippen LogP contribution >= 0.6 is 0 Å². The largest absolute Gasteiger partial charge is 0.461 e. The van der Waals surface area contributed by atoms with E-state index >= 15 is 0 Å². The molecular weight excluding hydrogens is 416 g/mol. The Bertz CT molecular complexity index is 553. The topological polar surface area (TPSA) is 26.3 Å². The number of ether oxygens (including phenoxy) is 1. The van der Waals surface area contributed by atoms with Gasteiger partial charge in [0, 0.05) is 6.42 Å². The Morgan fingerprint density at radius 2 is 1.15 bits per heavy atom. The fourth-order valence-corrected chi connectivity index (χ4v) is 4.55. The van der Waals surface area contributed by atoms with Crippen LogP contribution in [0.25, 0.3) is 0 Å². The van der Waals surface area contributed by atoms with E-state index in [4.69, 9.17) is 4.74 Å². The third kappa shape index (κ3) is 22.7. The molecule has 0 amide bonds. The van der Waals surface area contributed by atoms with Gasteiger partial charge in [-0.05, 0) is 82.6 Å². The van der Waals surface area contributed by atoms with Crippen molar-refractivity contribution in [1.82, 2.24) is 0 Å².